The van der Waals surface area contributed by atoms with E-state index in [4.69, 9.17) is 9.97 Å². The summed E-state index contributed by atoms with van der Waals surface area (Å²) in [7, 11) is 0. The van der Waals surface area contributed by atoms with Crippen LogP contribution in [0, 0.1) is 41.5 Å². The highest BCUT2D eigenvalue weighted by Gasteiger charge is 2.22. The van der Waals surface area contributed by atoms with Crippen molar-refractivity contribution in [2.24, 2.45) is 0 Å². The predicted octanol–water partition coefficient (Wildman–Crippen LogP) is 14.6. The maximum absolute atomic E-state index is 5.68. The van der Waals surface area contributed by atoms with E-state index < -0.39 is 0 Å². The zero-order chi connectivity index (χ0) is 38.5. The molecule has 0 atom stereocenters. The van der Waals surface area contributed by atoms with E-state index in [9.17, 15) is 0 Å². The fourth-order valence-corrected chi connectivity index (χ4v) is 9.20. The number of nitrogens with zero attached hydrogens (tertiary/aromatic N) is 2. The average molecular weight is 721 g/mol. The molecule has 2 heteroatoms. The molecule has 2 nitrogen and oxygen atoms in total. The normalized spacial score (nSPS) is 11.4. The van der Waals surface area contributed by atoms with Crippen LogP contribution in [0.25, 0.3) is 88.8 Å². The Balaban J connectivity index is 1.41. The molecule has 0 aliphatic rings. The first-order valence-electron chi connectivity index (χ1n) is 19.5. The Kier molecular flexibility index (Phi) is 8.90. The van der Waals surface area contributed by atoms with Gasteiger partial charge in [0, 0.05) is 21.9 Å². The molecule has 0 unspecified atom stereocenters. The van der Waals surface area contributed by atoms with E-state index in [0.717, 1.165) is 55.4 Å². The quantitative estimate of drug-likeness (QED) is 0.160. The van der Waals surface area contributed by atoms with Gasteiger partial charge in [0.2, 0.25) is 0 Å². The summed E-state index contributed by atoms with van der Waals surface area (Å²) >= 11 is 0. The highest BCUT2D eigenvalue weighted by molar-refractivity contribution is 6.13. The van der Waals surface area contributed by atoms with E-state index in [0.29, 0.717) is 0 Å². The first-order valence-corrected chi connectivity index (χ1v) is 19.5. The molecule has 2 aromatic heterocycles. The van der Waals surface area contributed by atoms with Crippen LogP contribution in [0.5, 0.6) is 0 Å². The number of fused-ring (bicyclic) bond motifs is 3. The van der Waals surface area contributed by atoms with E-state index in [2.05, 4.69) is 199 Å². The molecule has 0 radical (unpaired) electrons. The van der Waals surface area contributed by atoms with Gasteiger partial charge >= 0.3 is 0 Å². The lowest BCUT2D eigenvalue weighted by Gasteiger charge is -2.21. The average Bonchev–Trinajstić information content (AvgIpc) is 3.21. The summed E-state index contributed by atoms with van der Waals surface area (Å²) in [5.41, 5.74) is 23.1. The van der Waals surface area contributed by atoms with Gasteiger partial charge < -0.3 is 0 Å². The molecule has 0 N–H and O–H groups in total. The number of aryl methyl sites for hydroxylation is 4. The standard InChI is InChI=1S/C54H44N2/c1-33-29-35(3)51(37(5)49(33)41-23-15-9-16-24-41)47-31-45(39-19-11-7-12-20-39)43-27-28-44-46(40-21-13-8-14-22-40)32-48(56-54(44)53(43)55-47)52-36(4)30-34(2)50(38(52)6)42-25-17-10-18-26-42/h7-32H,1-6H3. The van der Waals surface area contributed by atoms with Crippen LogP contribution in [0.2, 0.25) is 0 Å². The van der Waals surface area contributed by atoms with Gasteiger partial charge in [0.15, 0.2) is 0 Å². The Morgan fingerprint density at radius 3 is 0.946 bits per heavy atom. The van der Waals surface area contributed by atoms with E-state index >= 15 is 0 Å². The van der Waals surface area contributed by atoms with Crippen LogP contribution in [-0.2, 0) is 0 Å². The van der Waals surface area contributed by atoms with Gasteiger partial charge in [-0.3, -0.25) is 0 Å². The topological polar surface area (TPSA) is 25.8 Å². The maximum Gasteiger partial charge on any atom is 0.0978 e. The molecule has 56 heavy (non-hydrogen) atoms. The molecule has 0 amide bonds. The van der Waals surface area contributed by atoms with Gasteiger partial charge in [-0.1, -0.05) is 146 Å². The van der Waals surface area contributed by atoms with Crippen molar-refractivity contribution in [2.75, 3.05) is 0 Å². The zero-order valence-corrected chi connectivity index (χ0v) is 32.9. The van der Waals surface area contributed by atoms with Gasteiger partial charge in [0.05, 0.1) is 22.4 Å². The number of benzene rings is 7. The second-order valence-electron chi connectivity index (χ2n) is 15.2. The molecule has 0 saturated heterocycles. The molecule has 2 heterocycles. The molecule has 0 bridgehead atoms. The highest BCUT2D eigenvalue weighted by atomic mass is 14.8. The Hall–Kier alpha value is -6.64. The summed E-state index contributed by atoms with van der Waals surface area (Å²) < 4.78 is 0. The van der Waals surface area contributed by atoms with Crippen molar-refractivity contribution in [1.82, 2.24) is 9.97 Å². The monoisotopic (exact) mass is 720 g/mol. The third-order valence-corrected chi connectivity index (χ3v) is 11.5. The van der Waals surface area contributed by atoms with E-state index in [-0.39, 0.29) is 0 Å². The van der Waals surface area contributed by atoms with Gasteiger partial charge in [-0.2, -0.15) is 0 Å². The minimum atomic E-state index is 0.907. The lowest BCUT2D eigenvalue weighted by atomic mass is 9.86. The summed E-state index contributed by atoms with van der Waals surface area (Å²) in [6, 6.07) is 56.7. The molecule has 9 rings (SSSR count). The van der Waals surface area contributed by atoms with Crippen molar-refractivity contribution in [3.05, 3.63) is 191 Å². The molecular weight excluding hydrogens is 677 g/mol. The lowest BCUT2D eigenvalue weighted by molar-refractivity contribution is 1.27. The largest absolute Gasteiger partial charge is 0.245 e. The second kappa shape index (κ2) is 14.2. The lowest BCUT2D eigenvalue weighted by Crippen LogP contribution is -2.01. The fraction of sp³-hybridized carbons (Fsp3) is 0.111. The number of rotatable bonds is 6. The SMILES string of the molecule is Cc1cc(C)c(-c2cc(-c3ccccc3)c3ccc4c(-c5ccccc5)cc(-c5c(C)cc(C)c(-c6ccccc6)c5C)nc4c3n2)c(C)c1-c1ccccc1. The fourth-order valence-electron chi connectivity index (χ4n) is 9.20. The summed E-state index contributed by atoms with van der Waals surface area (Å²) in [5.74, 6) is 0. The predicted molar refractivity (Wildman–Crippen MR) is 238 cm³/mol. The number of pyridine rings is 2. The van der Waals surface area contributed by atoms with Gasteiger partial charge in [-0.15, -0.1) is 0 Å². The van der Waals surface area contributed by atoms with Crippen molar-refractivity contribution < 1.29 is 0 Å². The summed E-state index contributed by atoms with van der Waals surface area (Å²) in [6.07, 6.45) is 0. The molecular formula is C54H44N2. The first kappa shape index (κ1) is 35.1. The minimum Gasteiger partial charge on any atom is -0.245 e. The Labute approximate surface area is 330 Å². The molecule has 270 valence electrons. The van der Waals surface area contributed by atoms with Gasteiger partial charge in [-0.05, 0) is 132 Å². The van der Waals surface area contributed by atoms with Crippen molar-refractivity contribution in [2.45, 2.75) is 41.5 Å². The molecule has 0 spiro atoms. The Bertz CT molecular complexity index is 2730. The zero-order valence-electron chi connectivity index (χ0n) is 32.9. The van der Waals surface area contributed by atoms with Crippen molar-refractivity contribution in [3.8, 4) is 67.0 Å². The first-order chi connectivity index (χ1) is 27.3. The maximum atomic E-state index is 5.68. The minimum absolute atomic E-state index is 0.907. The van der Waals surface area contributed by atoms with E-state index in [1.165, 1.54) is 66.8 Å². The van der Waals surface area contributed by atoms with Crippen LogP contribution >= 0.6 is 0 Å². The number of aromatic nitrogens is 2. The van der Waals surface area contributed by atoms with Gasteiger partial charge in [0.1, 0.15) is 0 Å². The van der Waals surface area contributed by atoms with E-state index in [1.54, 1.807) is 0 Å². The van der Waals surface area contributed by atoms with E-state index in [1.807, 2.05) is 0 Å². The van der Waals surface area contributed by atoms with Crippen molar-refractivity contribution >= 4 is 21.8 Å². The van der Waals surface area contributed by atoms with Gasteiger partial charge in [-0.25, -0.2) is 9.97 Å². The molecule has 0 aliphatic carbocycles. The van der Waals surface area contributed by atoms with Crippen LogP contribution in [0.3, 0.4) is 0 Å². The van der Waals surface area contributed by atoms with Crippen LogP contribution in [0.15, 0.2) is 158 Å². The summed E-state index contributed by atoms with van der Waals surface area (Å²) in [6.45, 7) is 13.4. The second-order valence-corrected chi connectivity index (χ2v) is 15.2. The molecule has 7 aromatic carbocycles. The van der Waals surface area contributed by atoms with Crippen LogP contribution < -0.4 is 0 Å². The van der Waals surface area contributed by atoms with Crippen LogP contribution in [-0.4, -0.2) is 9.97 Å². The van der Waals surface area contributed by atoms with Crippen LogP contribution in [0.1, 0.15) is 33.4 Å². The van der Waals surface area contributed by atoms with Crippen LogP contribution in [0.4, 0.5) is 0 Å². The highest BCUT2D eigenvalue weighted by Crippen LogP contribution is 2.44. The smallest absolute Gasteiger partial charge is 0.0978 e. The van der Waals surface area contributed by atoms with Gasteiger partial charge in [0.25, 0.3) is 0 Å². The number of hydrogen-bond donors (Lipinski definition) is 0. The number of hydrogen-bond acceptors (Lipinski definition) is 2. The molecule has 0 fully saturated rings. The Morgan fingerprint density at radius 1 is 0.304 bits per heavy atom. The van der Waals surface area contributed by atoms with Crippen molar-refractivity contribution in [1.29, 1.82) is 0 Å². The third kappa shape index (κ3) is 5.99. The Morgan fingerprint density at radius 2 is 0.607 bits per heavy atom. The molecule has 0 saturated carbocycles. The summed E-state index contributed by atoms with van der Waals surface area (Å²) in [4.78, 5) is 11.4. The molecule has 0 aliphatic heterocycles. The van der Waals surface area contributed by atoms with Crippen molar-refractivity contribution in [3.63, 3.8) is 0 Å². The third-order valence-electron chi connectivity index (χ3n) is 11.5. The molecule has 9 aromatic rings. The summed E-state index contributed by atoms with van der Waals surface area (Å²) in [5, 5.41) is 2.17.